The van der Waals surface area contributed by atoms with Crippen molar-refractivity contribution in [1.82, 2.24) is 4.72 Å². The molecule has 0 atom stereocenters. The van der Waals surface area contributed by atoms with Crippen molar-refractivity contribution in [3.8, 4) is 0 Å². The molecule has 0 spiro atoms. The second kappa shape index (κ2) is 5.26. The van der Waals surface area contributed by atoms with Gasteiger partial charge in [-0.1, -0.05) is 18.2 Å². The molecule has 0 aliphatic heterocycles. The van der Waals surface area contributed by atoms with Crippen LogP contribution in [-0.4, -0.2) is 20.2 Å². The normalized spacial score (nSPS) is 11.3. The summed E-state index contributed by atoms with van der Waals surface area (Å²) in [6, 6.07) is 7.38. The van der Waals surface area contributed by atoms with Crippen molar-refractivity contribution in [2.24, 2.45) is 5.73 Å². The molecule has 1 aromatic carbocycles. The Labute approximate surface area is 98.2 Å². The molecule has 0 aliphatic rings. The quantitative estimate of drug-likeness (QED) is 0.708. The van der Waals surface area contributed by atoms with Crippen LogP contribution in [0.3, 0.4) is 0 Å². The zero-order valence-electron chi connectivity index (χ0n) is 8.66. The molecule has 0 unspecified atom stereocenters. The molecule has 17 heavy (non-hydrogen) atoms. The van der Waals surface area contributed by atoms with E-state index in [2.05, 4.69) is 0 Å². The van der Waals surface area contributed by atoms with Gasteiger partial charge in [-0.15, -0.1) is 0 Å². The third-order valence-electron chi connectivity index (χ3n) is 1.69. The fourth-order valence-electron chi connectivity index (χ4n) is 0.983. The van der Waals surface area contributed by atoms with Crippen LogP contribution in [0, 0.1) is 0 Å². The summed E-state index contributed by atoms with van der Waals surface area (Å²) in [5, 5.41) is 0. The standard InChI is InChI=1S/C10H10N2O4S/c11-9(13)6-7-10(14)12-17(15,16)8-4-2-1-3-5-8/h1-7H,(H2,11,13)(H,12,14)/b7-6+. The monoisotopic (exact) mass is 254 g/mol. The number of nitrogens with two attached hydrogens (primary N) is 1. The minimum Gasteiger partial charge on any atom is -0.366 e. The molecule has 6 nitrogen and oxygen atoms in total. The number of rotatable bonds is 4. The number of primary amides is 1. The lowest BCUT2D eigenvalue weighted by molar-refractivity contribution is -0.116. The van der Waals surface area contributed by atoms with E-state index in [9.17, 15) is 18.0 Å². The highest BCUT2D eigenvalue weighted by Gasteiger charge is 2.15. The van der Waals surface area contributed by atoms with E-state index in [1.54, 1.807) is 10.8 Å². The third kappa shape index (κ3) is 4.07. The summed E-state index contributed by atoms with van der Waals surface area (Å²) in [5.74, 6) is -1.77. The average Bonchev–Trinajstić information content (AvgIpc) is 2.27. The van der Waals surface area contributed by atoms with Crippen molar-refractivity contribution in [3.05, 3.63) is 42.5 Å². The van der Waals surface area contributed by atoms with Crippen LogP contribution in [0.4, 0.5) is 0 Å². The molecule has 0 heterocycles. The third-order valence-corrected chi connectivity index (χ3v) is 3.05. The van der Waals surface area contributed by atoms with Crippen LogP contribution in [0.5, 0.6) is 0 Å². The van der Waals surface area contributed by atoms with E-state index in [1.165, 1.54) is 24.3 Å². The minimum atomic E-state index is -3.91. The Hall–Kier alpha value is -2.15. The Morgan fingerprint density at radius 3 is 2.24 bits per heavy atom. The van der Waals surface area contributed by atoms with Gasteiger partial charge >= 0.3 is 0 Å². The SMILES string of the molecule is NC(=O)/C=C/C(=O)NS(=O)(=O)c1ccccc1. The van der Waals surface area contributed by atoms with Gasteiger partial charge in [0.05, 0.1) is 4.90 Å². The highest BCUT2D eigenvalue weighted by molar-refractivity contribution is 7.90. The molecule has 0 bridgehead atoms. The van der Waals surface area contributed by atoms with Crippen LogP contribution < -0.4 is 10.5 Å². The first-order valence-electron chi connectivity index (χ1n) is 4.51. The van der Waals surface area contributed by atoms with E-state index in [0.29, 0.717) is 0 Å². The smallest absolute Gasteiger partial charge is 0.264 e. The number of sulfonamides is 1. The van der Waals surface area contributed by atoms with E-state index >= 15 is 0 Å². The summed E-state index contributed by atoms with van der Waals surface area (Å²) in [6.45, 7) is 0. The fourth-order valence-corrected chi connectivity index (χ4v) is 1.95. The first-order chi connectivity index (χ1) is 7.92. The van der Waals surface area contributed by atoms with Crippen LogP contribution in [0.2, 0.25) is 0 Å². The molecule has 0 aromatic heterocycles. The molecule has 0 fully saturated rings. The highest BCUT2D eigenvalue weighted by Crippen LogP contribution is 2.06. The molecule has 7 heteroatoms. The summed E-state index contributed by atoms with van der Waals surface area (Å²) in [5.41, 5.74) is 4.76. The number of hydrogen-bond donors (Lipinski definition) is 2. The summed E-state index contributed by atoms with van der Waals surface area (Å²) in [6.07, 6.45) is 1.53. The molecule has 1 rings (SSSR count). The molecule has 3 N–H and O–H groups in total. The topological polar surface area (TPSA) is 106 Å². The van der Waals surface area contributed by atoms with Crippen molar-refractivity contribution >= 4 is 21.8 Å². The van der Waals surface area contributed by atoms with Gasteiger partial charge in [0.25, 0.3) is 15.9 Å². The molecule has 0 saturated heterocycles. The Bertz CT molecular complexity index is 549. The summed E-state index contributed by atoms with van der Waals surface area (Å²) < 4.78 is 25.0. The van der Waals surface area contributed by atoms with Crippen molar-refractivity contribution < 1.29 is 18.0 Å². The largest absolute Gasteiger partial charge is 0.366 e. The predicted molar refractivity (Wildman–Crippen MR) is 60.1 cm³/mol. The van der Waals surface area contributed by atoms with Gasteiger partial charge in [-0.3, -0.25) is 9.59 Å². The zero-order chi connectivity index (χ0) is 12.9. The van der Waals surface area contributed by atoms with Gasteiger partial charge in [0, 0.05) is 12.2 Å². The Morgan fingerprint density at radius 1 is 1.12 bits per heavy atom. The maximum Gasteiger partial charge on any atom is 0.264 e. The summed E-state index contributed by atoms with van der Waals surface area (Å²) >= 11 is 0. The molecule has 0 radical (unpaired) electrons. The molecule has 0 aliphatic carbocycles. The molecule has 0 saturated carbocycles. The van der Waals surface area contributed by atoms with E-state index in [-0.39, 0.29) is 4.90 Å². The predicted octanol–water partition coefficient (Wildman–Crippen LogP) is -0.467. The van der Waals surface area contributed by atoms with Crippen LogP contribution in [0.1, 0.15) is 0 Å². The first kappa shape index (κ1) is 12.9. The minimum absolute atomic E-state index is 0.0409. The van der Waals surface area contributed by atoms with Crippen molar-refractivity contribution in [2.45, 2.75) is 4.90 Å². The lowest BCUT2D eigenvalue weighted by atomic mass is 10.4. The average molecular weight is 254 g/mol. The van der Waals surface area contributed by atoms with Gasteiger partial charge in [-0.25, -0.2) is 13.1 Å². The number of amides is 2. The van der Waals surface area contributed by atoms with Crippen molar-refractivity contribution in [1.29, 1.82) is 0 Å². The molecular weight excluding hydrogens is 244 g/mol. The maximum absolute atomic E-state index is 11.6. The first-order valence-corrected chi connectivity index (χ1v) is 5.99. The van der Waals surface area contributed by atoms with Crippen molar-refractivity contribution in [3.63, 3.8) is 0 Å². The highest BCUT2D eigenvalue weighted by atomic mass is 32.2. The molecule has 90 valence electrons. The van der Waals surface area contributed by atoms with Crippen LogP contribution in [0.25, 0.3) is 0 Å². The van der Waals surface area contributed by atoms with E-state index in [4.69, 9.17) is 5.73 Å². The Morgan fingerprint density at radius 2 is 1.71 bits per heavy atom. The number of benzene rings is 1. The molecule has 2 amide bonds. The number of carbonyl (C=O) groups is 2. The van der Waals surface area contributed by atoms with Gasteiger partial charge in [-0.05, 0) is 12.1 Å². The van der Waals surface area contributed by atoms with Gasteiger partial charge in [0.15, 0.2) is 0 Å². The van der Waals surface area contributed by atoms with Crippen LogP contribution >= 0.6 is 0 Å². The number of hydrogen-bond acceptors (Lipinski definition) is 4. The van der Waals surface area contributed by atoms with Gasteiger partial charge in [-0.2, -0.15) is 0 Å². The van der Waals surface area contributed by atoms with E-state index in [1.807, 2.05) is 0 Å². The maximum atomic E-state index is 11.6. The summed E-state index contributed by atoms with van der Waals surface area (Å²) in [4.78, 5) is 21.5. The van der Waals surface area contributed by atoms with Gasteiger partial charge in [0.1, 0.15) is 0 Å². The van der Waals surface area contributed by atoms with E-state index in [0.717, 1.165) is 12.2 Å². The number of carbonyl (C=O) groups excluding carboxylic acids is 2. The lowest BCUT2D eigenvalue weighted by Crippen LogP contribution is -2.29. The molecule has 1 aromatic rings. The second-order valence-corrected chi connectivity index (χ2v) is 4.70. The van der Waals surface area contributed by atoms with Crippen molar-refractivity contribution in [2.75, 3.05) is 0 Å². The van der Waals surface area contributed by atoms with Crippen LogP contribution in [-0.2, 0) is 19.6 Å². The van der Waals surface area contributed by atoms with Crippen LogP contribution in [0.15, 0.2) is 47.4 Å². The second-order valence-electron chi connectivity index (χ2n) is 3.02. The Balaban J connectivity index is 2.82. The summed E-state index contributed by atoms with van der Waals surface area (Å²) in [7, 11) is -3.91. The Kier molecular flexibility index (Phi) is 4.00. The lowest BCUT2D eigenvalue weighted by Gasteiger charge is -2.03. The van der Waals surface area contributed by atoms with E-state index < -0.39 is 21.8 Å². The molecular formula is C10H10N2O4S. The van der Waals surface area contributed by atoms with Gasteiger partial charge < -0.3 is 5.73 Å². The fraction of sp³-hybridized carbons (Fsp3) is 0. The van der Waals surface area contributed by atoms with Gasteiger partial charge in [0.2, 0.25) is 5.91 Å². The number of nitrogens with one attached hydrogen (secondary N) is 1. The zero-order valence-corrected chi connectivity index (χ0v) is 9.48.